The molecule has 3 aromatic rings. The zero-order valence-corrected chi connectivity index (χ0v) is 21.4. The van der Waals surface area contributed by atoms with Gasteiger partial charge in [-0.15, -0.1) is 0 Å². The third-order valence-corrected chi connectivity index (χ3v) is 7.82. The fraction of sp³-hybridized carbons (Fsp3) is 0.360. The van der Waals surface area contributed by atoms with Crippen LogP contribution in [0.3, 0.4) is 0 Å². The van der Waals surface area contributed by atoms with Crippen LogP contribution in [0.2, 0.25) is 0 Å². The molecule has 2 aliphatic heterocycles. The molecule has 0 bridgehead atoms. The molecule has 190 valence electrons. The van der Waals surface area contributed by atoms with Crippen molar-refractivity contribution in [2.24, 2.45) is 0 Å². The maximum Gasteiger partial charge on any atom is 0.232 e. The van der Waals surface area contributed by atoms with Crippen LogP contribution in [-0.2, 0) is 16.4 Å². The van der Waals surface area contributed by atoms with Gasteiger partial charge in [0.1, 0.15) is 0 Å². The maximum absolute atomic E-state index is 14.5. The van der Waals surface area contributed by atoms with Crippen molar-refractivity contribution >= 4 is 44.5 Å². The van der Waals surface area contributed by atoms with Gasteiger partial charge in [0.25, 0.3) is 0 Å². The predicted molar refractivity (Wildman–Crippen MR) is 142 cm³/mol. The molecule has 3 heterocycles. The normalized spacial score (nSPS) is 16.2. The highest BCUT2D eigenvalue weighted by molar-refractivity contribution is 7.92. The summed E-state index contributed by atoms with van der Waals surface area (Å²) >= 11 is 0. The van der Waals surface area contributed by atoms with Crippen LogP contribution in [0.25, 0.3) is 0 Å². The van der Waals surface area contributed by atoms with Gasteiger partial charge in [0.05, 0.1) is 18.1 Å². The Morgan fingerprint density at radius 1 is 0.944 bits per heavy atom. The van der Waals surface area contributed by atoms with Crippen molar-refractivity contribution in [3.63, 3.8) is 0 Å². The number of likely N-dealkylation sites (N-methyl/N-ethyl adjacent to an activating group) is 1. The van der Waals surface area contributed by atoms with E-state index in [1.165, 1.54) is 16.2 Å². The average Bonchev–Trinajstić information content (AvgIpc) is 3.26. The van der Waals surface area contributed by atoms with Crippen LogP contribution in [0, 0.1) is 12.7 Å². The van der Waals surface area contributed by atoms with Crippen molar-refractivity contribution in [3.8, 4) is 0 Å². The van der Waals surface area contributed by atoms with Crippen molar-refractivity contribution in [1.82, 2.24) is 14.9 Å². The Bertz CT molecular complexity index is 1390. The zero-order chi connectivity index (χ0) is 25.4. The lowest BCUT2D eigenvalue weighted by Gasteiger charge is -2.35. The van der Waals surface area contributed by atoms with Crippen LogP contribution >= 0.6 is 0 Å². The van der Waals surface area contributed by atoms with Crippen molar-refractivity contribution < 1.29 is 12.8 Å². The fourth-order valence-corrected chi connectivity index (χ4v) is 5.67. The lowest BCUT2D eigenvalue weighted by molar-refractivity contribution is 0.312. The molecule has 9 nitrogen and oxygen atoms in total. The molecule has 11 heteroatoms. The SMILES string of the molecule is Cc1cc(Nc2ncc(F)c(Nc3ccc4c(c3)CCN4S(C)(=O)=O)n2)ccc1N1CCN(C)CC1. The van der Waals surface area contributed by atoms with Gasteiger partial charge in [-0.1, -0.05) is 0 Å². The van der Waals surface area contributed by atoms with Crippen molar-refractivity contribution in [2.75, 3.05) is 65.9 Å². The summed E-state index contributed by atoms with van der Waals surface area (Å²) in [6.45, 7) is 6.55. The van der Waals surface area contributed by atoms with E-state index in [2.05, 4.69) is 50.4 Å². The van der Waals surface area contributed by atoms with Gasteiger partial charge in [0, 0.05) is 49.8 Å². The van der Waals surface area contributed by atoms with E-state index in [9.17, 15) is 12.8 Å². The van der Waals surface area contributed by atoms with Crippen LogP contribution < -0.4 is 19.8 Å². The number of hydrogen-bond donors (Lipinski definition) is 2. The number of aryl methyl sites for hydroxylation is 1. The Morgan fingerprint density at radius 3 is 2.33 bits per heavy atom. The lowest BCUT2D eigenvalue weighted by atomic mass is 10.1. The van der Waals surface area contributed by atoms with Gasteiger partial charge in [-0.05, 0) is 67.9 Å². The average molecular weight is 512 g/mol. The first kappa shape index (κ1) is 24.3. The molecule has 1 aromatic heterocycles. The molecule has 0 aliphatic carbocycles. The van der Waals surface area contributed by atoms with E-state index in [0.717, 1.165) is 49.2 Å². The summed E-state index contributed by atoms with van der Waals surface area (Å²) in [5.74, 6) is -0.272. The van der Waals surface area contributed by atoms with Gasteiger partial charge >= 0.3 is 0 Å². The molecule has 0 unspecified atom stereocenters. The number of nitrogens with zero attached hydrogens (tertiary/aromatic N) is 5. The number of benzene rings is 2. The van der Waals surface area contributed by atoms with Gasteiger partial charge in [-0.2, -0.15) is 4.98 Å². The summed E-state index contributed by atoms with van der Waals surface area (Å²) in [6, 6.07) is 11.4. The molecule has 1 saturated heterocycles. The van der Waals surface area contributed by atoms with E-state index in [-0.39, 0.29) is 11.8 Å². The van der Waals surface area contributed by atoms with Crippen LogP contribution in [0.4, 0.5) is 38.9 Å². The third-order valence-electron chi connectivity index (χ3n) is 6.64. The summed E-state index contributed by atoms with van der Waals surface area (Å²) in [7, 11) is -1.19. The van der Waals surface area contributed by atoms with Gasteiger partial charge in [0.15, 0.2) is 11.6 Å². The molecule has 0 radical (unpaired) electrons. The molecule has 2 aliphatic rings. The number of rotatable bonds is 6. The number of nitrogens with one attached hydrogen (secondary N) is 2. The monoisotopic (exact) mass is 511 g/mol. The molecule has 0 saturated carbocycles. The Morgan fingerprint density at radius 2 is 1.64 bits per heavy atom. The van der Waals surface area contributed by atoms with Gasteiger partial charge in [-0.3, -0.25) is 4.31 Å². The summed E-state index contributed by atoms with van der Waals surface area (Å²) in [5.41, 5.74) is 5.34. The fourth-order valence-electron chi connectivity index (χ4n) is 4.71. The number of anilines is 6. The van der Waals surface area contributed by atoms with Crippen LogP contribution in [0.1, 0.15) is 11.1 Å². The molecular formula is C25H30FN7O2S. The van der Waals surface area contributed by atoms with E-state index in [0.29, 0.717) is 24.3 Å². The predicted octanol–water partition coefficient (Wildman–Crippen LogP) is 3.49. The van der Waals surface area contributed by atoms with Crippen molar-refractivity contribution in [2.45, 2.75) is 13.3 Å². The molecule has 0 atom stereocenters. The number of sulfonamides is 1. The number of hydrogen-bond acceptors (Lipinski definition) is 8. The molecular weight excluding hydrogens is 481 g/mol. The van der Waals surface area contributed by atoms with Gasteiger partial charge in [0.2, 0.25) is 16.0 Å². The smallest absolute Gasteiger partial charge is 0.232 e. The summed E-state index contributed by atoms with van der Waals surface area (Å²) in [6.07, 6.45) is 2.92. The third kappa shape index (κ3) is 5.07. The summed E-state index contributed by atoms with van der Waals surface area (Å²) < 4.78 is 39.8. The molecule has 36 heavy (non-hydrogen) atoms. The highest BCUT2D eigenvalue weighted by Gasteiger charge is 2.26. The first-order chi connectivity index (χ1) is 17.2. The molecule has 0 amide bonds. The van der Waals surface area contributed by atoms with E-state index < -0.39 is 15.8 Å². The number of halogens is 1. The second-order valence-electron chi connectivity index (χ2n) is 9.36. The Kier molecular flexibility index (Phi) is 6.44. The minimum atomic E-state index is -3.32. The van der Waals surface area contributed by atoms with Crippen molar-refractivity contribution in [1.29, 1.82) is 0 Å². The molecule has 2 N–H and O–H groups in total. The molecule has 0 spiro atoms. The summed E-state index contributed by atoms with van der Waals surface area (Å²) in [5, 5.41) is 6.17. The topological polar surface area (TPSA) is 93.7 Å². The second kappa shape index (κ2) is 9.55. The first-order valence-corrected chi connectivity index (χ1v) is 13.7. The Hall–Kier alpha value is -3.44. The van der Waals surface area contributed by atoms with Crippen molar-refractivity contribution in [3.05, 3.63) is 59.5 Å². The Labute approximate surface area is 211 Å². The van der Waals surface area contributed by atoms with Crippen LogP contribution in [0.15, 0.2) is 42.6 Å². The molecule has 1 fully saturated rings. The van der Waals surface area contributed by atoms with Gasteiger partial charge in [-0.25, -0.2) is 17.8 Å². The maximum atomic E-state index is 14.5. The van der Waals surface area contributed by atoms with E-state index in [1.54, 1.807) is 12.1 Å². The highest BCUT2D eigenvalue weighted by atomic mass is 32.2. The zero-order valence-electron chi connectivity index (χ0n) is 20.6. The quantitative estimate of drug-likeness (QED) is 0.520. The number of aromatic nitrogens is 2. The van der Waals surface area contributed by atoms with E-state index >= 15 is 0 Å². The number of fused-ring (bicyclic) bond motifs is 1. The first-order valence-electron chi connectivity index (χ1n) is 11.9. The second-order valence-corrected chi connectivity index (χ2v) is 11.3. The molecule has 5 rings (SSSR count). The minimum Gasteiger partial charge on any atom is -0.369 e. The van der Waals surface area contributed by atoms with E-state index in [1.807, 2.05) is 18.2 Å². The Balaban J connectivity index is 1.31. The lowest BCUT2D eigenvalue weighted by Crippen LogP contribution is -2.44. The number of piperazine rings is 1. The van der Waals surface area contributed by atoms with Crippen LogP contribution in [-0.4, -0.2) is 69.3 Å². The van der Waals surface area contributed by atoms with Crippen LogP contribution in [0.5, 0.6) is 0 Å². The highest BCUT2D eigenvalue weighted by Crippen LogP contribution is 2.33. The minimum absolute atomic E-state index is 0.0381. The standard InChI is InChI=1S/C25H30FN7O2S/c1-17-14-19(4-6-22(17)32-12-10-31(2)11-13-32)29-25-27-16-21(26)24(30-25)28-20-5-7-23-18(15-20)8-9-33(23)36(3,34)35/h4-7,14-16H,8-13H2,1-3H3,(H2,27,28,29,30). The van der Waals surface area contributed by atoms with E-state index in [4.69, 9.17) is 0 Å². The molecule has 2 aromatic carbocycles. The largest absolute Gasteiger partial charge is 0.369 e. The summed E-state index contributed by atoms with van der Waals surface area (Å²) in [4.78, 5) is 13.1. The van der Waals surface area contributed by atoms with Gasteiger partial charge < -0.3 is 20.4 Å².